The Kier molecular flexibility index (Phi) is 10.2. The van der Waals surface area contributed by atoms with Gasteiger partial charge in [-0.3, -0.25) is 0 Å². The molecule has 0 fully saturated rings. The van der Waals surface area contributed by atoms with Crippen molar-refractivity contribution in [2.45, 2.75) is 13.8 Å². The lowest BCUT2D eigenvalue weighted by atomic mass is 10.0. The molecular weight excluding hydrogens is 701 g/mol. The molecule has 0 N–H and O–H groups in total. The number of para-hydroxylation sites is 2. The predicted molar refractivity (Wildman–Crippen MR) is 249 cm³/mol. The van der Waals surface area contributed by atoms with E-state index in [9.17, 15) is 0 Å². The largest absolute Gasteiger partial charge is 0.311 e. The third kappa shape index (κ3) is 7.95. The van der Waals surface area contributed by atoms with Crippen LogP contribution >= 0.6 is 0 Å². The maximum absolute atomic E-state index is 2.36. The number of anilines is 6. The van der Waals surface area contributed by atoms with Crippen LogP contribution in [0.2, 0.25) is 0 Å². The first-order valence-corrected chi connectivity index (χ1v) is 19.9. The number of hydrogen-bond acceptors (Lipinski definition) is 2. The SMILES string of the molecule is Cc1cc(C)cc(N(c2ccc(-c3ccc(/C=C/c4ccc(-c5ccc(N(c6ccccc6)c6ccccc6)cc5)cc4)cc3)cc2)c2ccc3ccccc3c2)c1. The van der Waals surface area contributed by atoms with Gasteiger partial charge in [-0.2, -0.15) is 0 Å². The van der Waals surface area contributed by atoms with Crippen LogP contribution in [-0.2, 0) is 0 Å². The summed E-state index contributed by atoms with van der Waals surface area (Å²) in [6.45, 7) is 4.33. The highest BCUT2D eigenvalue weighted by Crippen LogP contribution is 2.39. The third-order valence-corrected chi connectivity index (χ3v) is 10.7. The highest BCUT2D eigenvalue weighted by Gasteiger charge is 2.15. The summed E-state index contributed by atoms with van der Waals surface area (Å²) in [4.78, 5) is 4.65. The first-order valence-electron chi connectivity index (χ1n) is 19.9. The van der Waals surface area contributed by atoms with Crippen LogP contribution in [0, 0.1) is 13.8 Å². The maximum Gasteiger partial charge on any atom is 0.0468 e. The second-order valence-corrected chi connectivity index (χ2v) is 14.9. The number of benzene rings is 9. The summed E-state index contributed by atoms with van der Waals surface area (Å²) < 4.78 is 0. The van der Waals surface area contributed by atoms with Gasteiger partial charge in [0.05, 0.1) is 0 Å². The number of aryl methyl sites for hydroxylation is 2. The van der Waals surface area contributed by atoms with E-state index < -0.39 is 0 Å². The van der Waals surface area contributed by atoms with Crippen LogP contribution in [0.5, 0.6) is 0 Å². The fraction of sp³-hybridized carbons (Fsp3) is 0.0357. The lowest BCUT2D eigenvalue weighted by Crippen LogP contribution is -2.10. The molecule has 0 aliphatic carbocycles. The Morgan fingerprint density at radius 2 is 0.638 bits per heavy atom. The van der Waals surface area contributed by atoms with Gasteiger partial charge in [0.15, 0.2) is 0 Å². The summed E-state index contributed by atoms with van der Waals surface area (Å²) in [5.41, 5.74) is 16.4. The van der Waals surface area contributed by atoms with Crippen LogP contribution in [-0.4, -0.2) is 0 Å². The lowest BCUT2D eigenvalue weighted by Gasteiger charge is -2.27. The van der Waals surface area contributed by atoms with E-state index in [1.807, 2.05) is 0 Å². The van der Waals surface area contributed by atoms with Crippen molar-refractivity contribution >= 4 is 57.0 Å². The Morgan fingerprint density at radius 1 is 0.276 bits per heavy atom. The summed E-state index contributed by atoms with van der Waals surface area (Å²) in [5, 5.41) is 2.47. The molecule has 278 valence electrons. The Balaban J connectivity index is 0.891. The van der Waals surface area contributed by atoms with Crippen molar-refractivity contribution in [3.05, 3.63) is 241 Å². The number of hydrogen-bond donors (Lipinski definition) is 0. The van der Waals surface area contributed by atoms with E-state index in [0.29, 0.717) is 0 Å². The zero-order chi connectivity index (χ0) is 39.3. The van der Waals surface area contributed by atoms with Gasteiger partial charge in [0.1, 0.15) is 0 Å². The smallest absolute Gasteiger partial charge is 0.0468 e. The topological polar surface area (TPSA) is 6.48 Å². The molecule has 58 heavy (non-hydrogen) atoms. The highest BCUT2D eigenvalue weighted by molar-refractivity contribution is 5.90. The molecule has 0 saturated carbocycles. The molecule has 0 aromatic heterocycles. The molecule has 0 heterocycles. The van der Waals surface area contributed by atoms with Gasteiger partial charge in [-0.1, -0.05) is 158 Å². The van der Waals surface area contributed by atoms with Gasteiger partial charge in [-0.05, 0) is 142 Å². The van der Waals surface area contributed by atoms with E-state index >= 15 is 0 Å². The first kappa shape index (κ1) is 36.2. The summed E-state index contributed by atoms with van der Waals surface area (Å²) in [6, 6.07) is 78.4. The Hall–Kier alpha value is -7.42. The Labute approximate surface area is 342 Å². The van der Waals surface area contributed by atoms with Crippen molar-refractivity contribution in [2.24, 2.45) is 0 Å². The molecule has 9 rings (SSSR count). The summed E-state index contributed by atoms with van der Waals surface area (Å²) in [7, 11) is 0. The fourth-order valence-electron chi connectivity index (χ4n) is 7.82. The number of nitrogens with zero attached hydrogens (tertiary/aromatic N) is 2. The minimum absolute atomic E-state index is 1.13. The van der Waals surface area contributed by atoms with Crippen molar-refractivity contribution in [2.75, 3.05) is 9.80 Å². The fourth-order valence-corrected chi connectivity index (χ4v) is 7.82. The van der Waals surface area contributed by atoms with Crippen molar-refractivity contribution < 1.29 is 0 Å². The molecule has 9 aromatic rings. The molecule has 0 atom stereocenters. The number of fused-ring (bicyclic) bond motifs is 1. The van der Waals surface area contributed by atoms with Gasteiger partial charge in [0.25, 0.3) is 0 Å². The average molecular weight is 745 g/mol. The van der Waals surface area contributed by atoms with Crippen molar-refractivity contribution in [1.29, 1.82) is 0 Å². The van der Waals surface area contributed by atoms with Crippen LogP contribution < -0.4 is 9.80 Å². The van der Waals surface area contributed by atoms with E-state index in [2.05, 4.69) is 254 Å². The molecule has 2 heteroatoms. The summed E-state index contributed by atoms with van der Waals surface area (Å²) in [5.74, 6) is 0. The average Bonchev–Trinajstić information content (AvgIpc) is 3.27. The van der Waals surface area contributed by atoms with Crippen molar-refractivity contribution in [3.63, 3.8) is 0 Å². The quantitative estimate of drug-likeness (QED) is 0.129. The summed E-state index contributed by atoms with van der Waals surface area (Å²) >= 11 is 0. The summed E-state index contributed by atoms with van der Waals surface area (Å²) in [6.07, 6.45) is 4.37. The van der Waals surface area contributed by atoms with E-state index in [0.717, 1.165) is 34.1 Å². The normalized spacial score (nSPS) is 11.2. The molecule has 0 spiro atoms. The minimum atomic E-state index is 1.13. The predicted octanol–water partition coefficient (Wildman–Crippen LogP) is 15.9. The van der Waals surface area contributed by atoms with E-state index in [-0.39, 0.29) is 0 Å². The van der Waals surface area contributed by atoms with Crippen LogP contribution in [0.1, 0.15) is 22.3 Å². The first-order chi connectivity index (χ1) is 28.5. The zero-order valence-corrected chi connectivity index (χ0v) is 32.8. The Bertz CT molecular complexity index is 2740. The maximum atomic E-state index is 2.36. The molecule has 0 unspecified atom stereocenters. The van der Waals surface area contributed by atoms with Crippen LogP contribution in [0.25, 0.3) is 45.2 Å². The minimum Gasteiger partial charge on any atom is -0.311 e. The van der Waals surface area contributed by atoms with Gasteiger partial charge in [0, 0.05) is 34.1 Å². The van der Waals surface area contributed by atoms with E-state index in [4.69, 9.17) is 0 Å². The monoisotopic (exact) mass is 744 g/mol. The molecule has 9 aromatic carbocycles. The molecule has 2 nitrogen and oxygen atoms in total. The van der Waals surface area contributed by atoms with Gasteiger partial charge >= 0.3 is 0 Å². The molecule has 0 aliphatic rings. The molecule has 0 bridgehead atoms. The number of rotatable bonds is 10. The highest BCUT2D eigenvalue weighted by atomic mass is 15.1. The molecule has 0 saturated heterocycles. The van der Waals surface area contributed by atoms with Crippen LogP contribution in [0.3, 0.4) is 0 Å². The van der Waals surface area contributed by atoms with Crippen molar-refractivity contribution in [1.82, 2.24) is 0 Å². The zero-order valence-electron chi connectivity index (χ0n) is 32.8. The molecule has 0 aliphatic heterocycles. The van der Waals surface area contributed by atoms with Crippen LogP contribution in [0.15, 0.2) is 218 Å². The Morgan fingerprint density at radius 3 is 1.10 bits per heavy atom. The molecule has 0 amide bonds. The third-order valence-electron chi connectivity index (χ3n) is 10.7. The van der Waals surface area contributed by atoms with Crippen molar-refractivity contribution in [3.8, 4) is 22.3 Å². The second-order valence-electron chi connectivity index (χ2n) is 14.9. The van der Waals surface area contributed by atoms with Crippen LogP contribution in [0.4, 0.5) is 34.1 Å². The molecular formula is C56H44N2. The standard InChI is InChI=1S/C56H44N2/c1-41-37-42(2)39-56(38-41)58(55-36-31-45-11-9-10-12-50(45)40-55)54-34-29-49(30-35-54)47-25-21-44(22-26-47)18-17-43-19-23-46(24-20-43)48-27-32-53(33-28-48)57(51-13-5-3-6-14-51)52-15-7-4-8-16-52/h3-40H,1-2H3/b18-17+. The van der Waals surface area contributed by atoms with Gasteiger partial charge < -0.3 is 9.80 Å². The van der Waals surface area contributed by atoms with E-state index in [1.54, 1.807) is 0 Å². The second kappa shape index (κ2) is 16.4. The lowest BCUT2D eigenvalue weighted by molar-refractivity contribution is 1.26. The van der Waals surface area contributed by atoms with Gasteiger partial charge in [-0.15, -0.1) is 0 Å². The molecule has 0 radical (unpaired) electrons. The van der Waals surface area contributed by atoms with Gasteiger partial charge in [-0.25, -0.2) is 0 Å². The van der Waals surface area contributed by atoms with E-state index in [1.165, 1.54) is 55.3 Å². The van der Waals surface area contributed by atoms with Gasteiger partial charge in [0.2, 0.25) is 0 Å².